The molecule has 0 spiro atoms. The minimum absolute atomic E-state index is 0.263. The average molecular weight is 164 g/mol. The summed E-state index contributed by atoms with van der Waals surface area (Å²) in [7, 11) is 1.24. The molecule has 56 valence electrons. The molecular weight excluding hydrogens is 158 g/mol. The number of Topliss-reactive ketones (excluding diaryl/α,β-unsaturated/α-hetero) is 1. The van der Waals surface area contributed by atoms with Gasteiger partial charge in [0.2, 0.25) is 5.78 Å². The third kappa shape index (κ3) is 2.59. The summed E-state index contributed by atoms with van der Waals surface area (Å²) < 4.78 is 0. The van der Waals surface area contributed by atoms with E-state index in [4.69, 9.17) is 11.6 Å². The van der Waals surface area contributed by atoms with E-state index in [2.05, 4.69) is 9.99 Å². The van der Waals surface area contributed by atoms with Crippen LogP contribution in [0.15, 0.2) is 5.16 Å². The molecule has 0 bridgehead atoms. The van der Waals surface area contributed by atoms with E-state index in [1.165, 1.54) is 7.11 Å². The lowest BCUT2D eigenvalue weighted by atomic mass is 10.3. The molecule has 0 aromatic heterocycles. The van der Waals surface area contributed by atoms with Crippen molar-refractivity contribution in [1.82, 2.24) is 0 Å². The van der Waals surface area contributed by atoms with Crippen molar-refractivity contribution in [3.05, 3.63) is 0 Å². The van der Waals surface area contributed by atoms with E-state index >= 15 is 0 Å². The highest BCUT2D eigenvalue weighted by Crippen LogP contribution is 1.83. The van der Waals surface area contributed by atoms with Crippen molar-refractivity contribution >= 4 is 29.4 Å². The van der Waals surface area contributed by atoms with Crippen LogP contribution in [0.2, 0.25) is 0 Å². The van der Waals surface area contributed by atoms with Crippen LogP contribution in [-0.4, -0.2) is 30.8 Å². The quantitative estimate of drug-likeness (QED) is 0.193. The zero-order chi connectivity index (χ0) is 7.98. The van der Waals surface area contributed by atoms with Gasteiger partial charge in [-0.25, -0.2) is 0 Å². The Morgan fingerprint density at radius 1 is 1.80 bits per heavy atom. The van der Waals surface area contributed by atoms with Crippen molar-refractivity contribution < 1.29 is 14.4 Å². The monoisotopic (exact) mass is 163 g/mol. The van der Waals surface area contributed by atoms with Gasteiger partial charge in [-0.1, -0.05) is 5.16 Å². The number of hydrogen-bond donors (Lipinski definition) is 0. The summed E-state index contributed by atoms with van der Waals surface area (Å²) in [5.41, 5.74) is -0.294. The van der Waals surface area contributed by atoms with E-state index < -0.39 is 5.78 Å². The van der Waals surface area contributed by atoms with Gasteiger partial charge < -0.3 is 4.84 Å². The normalized spacial score (nSPS) is 10.8. The van der Waals surface area contributed by atoms with Gasteiger partial charge in [-0.2, -0.15) is 0 Å². The maximum absolute atomic E-state index is 10.6. The Labute approximate surface area is 62.8 Å². The van der Waals surface area contributed by atoms with Gasteiger partial charge in [0, 0.05) is 0 Å². The standard InChI is InChI=1S/C5H6ClNO3/c1-10-7-4(3-8)5(9)2-6/h3H,2H2,1H3. The van der Waals surface area contributed by atoms with E-state index in [9.17, 15) is 9.59 Å². The van der Waals surface area contributed by atoms with E-state index in [1.807, 2.05) is 0 Å². The SMILES string of the molecule is CON=C(C=O)C(=O)CCl. The van der Waals surface area contributed by atoms with Crippen molar-refractivity contribution in [3.8, 4) is 0 Å². The van der Waals surface area contributed by atoms with Crippen molar-refractivity contribution in [3.63, 3.8) is 0 Å². The number of rotatable bonds is 4. The van der Waals surface area contributed by atoms with E-state index in [-0.39, 0.29) is 11.6 Å². The van der Waals surface area contributed by atoms with Gasteiger partial charge in [-0.15, -0.1) is 11.6 Å². The van der Waals surface area contributed by atoms with Crippen molar-refractivity contribution in [2.75, 3.05) is 13.0 Å². The van der Waals surface area contributed by atoms with Crippen LogP contribution in [-0.2, 0) is 14.4 Å². The smallest absolute Gasteiger partial charge is 0.202 e. The highest BCUT2D eigenvalue weighted by Gasteiger charge is 2.08. The highest BCUT2D eigenvalue weighted by molar-refractivity contribution is 6.64. The molecule has 0 aromatic carbocycles. The van der Waals surface area contributed by atoms with Crippen molar-refractivity contribution in [2.45, 2.75) is 0 Å². The molecule has 4 nitrogen and oxygen atoms in total. The number of halogens is 1. The first kappa shape index (κ1) is 9.10. The summed E-state index contributed by atoms with van der Waals surface area (Å²) >= 11 is 5.12. The summed E-state index contributed by atoms with van der Waals surface area (Å²) in [5, 5.41) is 3.13. The van der Waals surface area contributed by atoms with Gasteiger partial charge in [-0.3, -0.25) is 9.59 Å². The minimum Gasteiger partial charge on any atom is -0.398 e. The van der Waals surface area contributed by atoms with Crippen molar-refractivity contribution in [1.29, 1.82) is 0 Å². The molecule has 0 rings (SSSR count). The molecule has 0 heterocycles. The molecule has 0 unspecified atom stereocenters. The number of carbonyl (C=O) groups excluding carboxylic acids is 2. The van der Waals surface area contributed by atoms with E-state index in [0.29, 0.717) is 6.29 Å². The summed E-state index contributed by atoms with van der Waals surface area (Å²) in [6, 6.07) is 0. The maximum Gasteiger partial charge on any atom is 0.202 e. The van der Waals surface area contributed by atoms with E-state index in [0.717, 1.165) is 0 Å². The number of ketones is 1. The van der Waals surface area contributed by atoms with Gasteiger partial charge in [0.15, 0.2) is 12.0 Å². The molecule has 0 atom stereocenters. The molecule has 10 heavy (non-hydrogen) atoms. The third-order valence-corrected chi connectivity index (χ3v) is 0.951. The lowest BCUT2D eigenvalue weighted by Gasteiger charge is -1.90. The molecule has 5 heteroatoms. The van der Waals surface area contributed by atoms with Crippen LogP contribution in [0.3, 0.4) is 0 Å². The van der Waals surface area contributed by atoms with Gasteiger partial charge in [0.25, 0.3) is 0 Å². The molecule has 0 aliphatic carbocycles. The van der Waals surface area contributed by atoms with Gasteiger partial charge >= 0.3 is 0 Å². The zero-order valence-corrected chi connectivity index (χ0v) is 6.09. The van der Waals surface area contributed by atoms with Crippen LogP contribution >= 0.6 is 11.6 Å². The van der Waals surface area contributed by atoms with Gasteiger partial charge in [-0.05, 0) is 0 Å². The Hall–Kier alpha value is -0.900. The predicted molar refractivity (Wildman–Crippen MR) is 36.2 cm³/mol. The fourth-order valence-electron chi connectivity index (χ4n) is 0.305. The number of nitrogens with zero attached hydrogens (tertiary/aromatic N) is 1. The van der Waals surface area contributed by atoms with Crippen LogP contribution in [0, 0.1) is 0 Å². The maximum atomic E-state index is 10.6. The highest BCUT2D eigenvalue weighted by atomic mass is 35.5. The number of hydrogen-bond acceptors (Lipinski definition) is 4. The number of oxime groups is 1. The van der Waals surface area contributed by atoms with Crippen LogP contribution in [0.4, 0.5) is 0 Å². The Balaban J connectivity index is 4.20. The molecule has 0 radical (unpaired) electrons. The molecule has 0 aromatic rings. The molecular formula is C5H6ClNO3. The zero-order valence-electron chi connectivity index (χ0n) is 5.33. The van der Waals surface area contributed by atoms with Crippen LogP contribution in [0.5, 0.6) is 0 Å². The Bertz CT molecular complexity index is 166. The molecule has 0 N–H and O–H groups in total. The number of aldehydes is 1. The second-order valence-corrected chi connectivity index (χ2v) is 1.60. The summed E-state index contributed by atoms with van der Waals surface area (Å²) in [6.07, 6.45) is 0.300. The summed E-state index contributed by atoms with van der Waals surface area (Å²) in [4.78, 5) is 24.8. The number of alkyl halides is 1. The van der Waals surface area contributed by atoms with Gasteiger partial charge in [0.1, 0.15) is 7.11 Å². The summed E-state index contributed by atoms with van der Waals surface area (Å²) in [6.45, 7) is 0. The molecule has 0 saturated heterocycles. The molecule has 0 amide bonds. The fourth-order valence-corrected chi connectivity index (χ4v) is 0.442. The fraction of sp³-hybridized carbons (Fsp3) is 0.400. The average Bonchev–Trinajstić information content (AvgIpc) is 1.99. The molecule has 0 aliphatic rings. The Morgan fingerprint density at radius 2 is 2.40 bits per heavy atom. The Kier molecular flexibility index (Phi) is 4.49. The Morgan fingerprint density at radius 3 is 2.70 bits per heavy atom. The molecule has 0 saturated carbocycles. The first-order chi connectivity index (χ1) is 4.76. The first-order valence-corrected chi connectivity index (χ1v) is 2.95. The van der Waals surface area contributed by atoms with Crippen LogP contribution in [0.1, 0.15) is 0 Å². The molecule has 0 aliphatic heterocycles. The number of carbonyl (C=O) groups is 2. The molecule has 0 fully saturated rings. The summed E-state index contributed by atoms with van der Waals surface area (Å²) in [5.74, 6) is -0.806. The van der Waals surface area contributed by atoms with Gasteiger partial charge in [0.05, 0.1) is 5.88 Å². The predicted octanol–water partition coefficient (Wildman–Crippen LogP) is -0.00440. The lowest BCUT2D eigenvalue weighted by Crippen LogP contribution is -2.16. The van der Waals surface area contributed by atoms with E-state index in [1.54, 1.807) is 0 Å². The van der Waals surface area contributed by atoms with Crippen molar-refractivity contribution in [2.24, 2.45) is 5.16 Å². The first-order valence-electron chi connectivity index (χ1n) is 2.41. The second-order valence-electron chi connectivity index (χ2n) is 1.33. The third-order valence-electron chi connectivity index (χ3n) is 0.708. The minimum atomic E-state index is -0.543. The van der Waals surface area contributed by atoms with Crippen LogP contribution in [0.25, 0.3) is 0 Å². The largest absolute Gasteiger partial charge is 0.398 e. The second kappa shape index (κ2) is 4.93. The van der Waals surface area contributed by atoms with Crippen LogP contribution < -0.4 is 0 Å². The topological polar surface area (TPSA) is 55.7 Å². The lowest BCUT2D eigenvalue weighted by molar-refractivity contribution is -0.112.